The highest BCUT2D eigenvalue weighted by Crippen LogP contribution is 2.25. The van der Waals surface area contributed by atoms with Gasteiger partial charge in [0.15, 0.2) is 4.90 Å². The second kappa shape index (κ2) is 3.81. The Morgan fingerprint density at radius 2 is 1.62 bits per heavy atom. The number of nitrogens with two attached hydrogens (primary N) is 1. The van der Waals surface area contributed by atoms with E-state index in [4.69, 9.17) is 0 Å². The minimum atomic E-state index is -4.94. The normalized spacial score (nSPS) is 12.3. The third-order valence-electron chi connectivity index (χ3n) is 1.64. The van der Waals surface area contributed by atoms with Crippen molar-refractivity contribution < 1.29 is 21.8 Å². The third-order valence-corrected chi connectivity index (χ3v) is 5.51. The molecule has 10 heteroatoms. The standard InChI is InChI=1S/C6H6N2O6S2/c7-16(13,14)15(11,12)6-4-2-1-3-5(6)8(9)10/h1-4H,(H2,7,13,14). The summed E-state index contributed by atoms with van der Waals surface area (Å²) in [6.07, 6.45) is 0. The maximum Gasteiger partial charge on any atom is 0.319 e. The highest BCUT2D eigenvalue weighted by molar-refractivity contribution is 8.66. The van der Waals surface area contributed by atoms with E-state index in [1.165, 1.54) is 6.07 Å². The molecule has 0 unspecified atom stereocenters. The van der Waals surface area contributed by atoms with Crippen LogP contribution >= 0.6 is 0 Å². The molecule has 0 aliphatic heterocycles. The van der Waals surface area contributed by atoms with Crippen molar-refractivity contribution in [3.63, 3.8) is 0 Å². The Morgan fingerprint density at radius 3 is 2.06 bits per heavy atom. The molecular formula is C6H6N2O6S2. The molecular weight excluding hydrogens is 260 g/mol. The average molecular weight is 266 g/mol. The largest absolute Gasteiger partial charge is 0.319 e. The third kappa shape index (κ3) is 2.03. The monoisotopic (exact) mass is 266 g/mol. The Kier molecular flexibility index (Phi) is 2.99. The van der Waals surface area contributed by atoms with Crippen LogP contribution in [-0.4, -0.2) is 21.8 Å². The zero-order valence-corrected chi connectivity index (χ0v) is 9.23. The molecule has 0 heterocycles. The van der Waals surface area contributed by atoms with Gasteiger partial charge in [0, 0.05) is 6.07 Å². The minimum absolute atomic E-state index is 0.803. The van der Waals surface area contributed by atoms with Gasteiger partial charge in [0.25, 0.3) is 5.69 Å². The first kappa shape index (κ1) is 12.5. The quantitative estimate of drug-likeness (QED) is 0.447. The summed E-state index contributed by atoms with van der Waals surface area (Å²) < 4.78 is 44.3. The van der Waals surface area contributed by atoms with Gasteiger partial charge in [-0.15, -0.1) is 0 Å². The van der Waals surface area contributed by atoms with Crippen LogP contribution in [-0.2, 0) is 17.9 Å². The Balaban J connectivity index is 3.65. The van der Waals surface area contributed by atoms with Crippen molar-refractivity contribution in [2.75, 3.05) is 0 Å². The molecule has 0 aliphatic carbocycles. The summed E-state index contributed by atoms with van der Waals surface area (Å²) in [5.41, 5.74) is -0.837. The van der Waals surface area contributed by atoms with E-state index in [-0.39, 0.29) is 0 Å². The van der Waals surface area contributed by atoms with Crippen LogP contribution in [0.15, 0.2) is 29.2 Å². The van der Waals surface area contributed by atoms with E-state index < -0.39 is 33.4 Å². The van der Waals surface area contributed by atoms with Gasteiger partial charge >= 0.3 is 17.9 Å². The van der Waals surface area contributed by atoms with Crippen LogP contribution in [0.1, 0.15) is 0 Å². The number of hydrogen-bond acceptors (Lipinski definition) is 6. The van der Waals surface area contributed by atoms with E-state index in [1.807, 2.05) is 0 Å². The van der Waals surface area contributed by atoms with Gasteiger partial charge in [0.2, 0.25) is 0 Å². The number of nitrogens with zero attached hydrogens (tertiary/aromatic N) is 1. The zero-order valence-electron chi connectivity index (χ0n) is 7.60. The molecule has 1 rings (SSSR count). The van der Waals surface area contributed by atoms with Gasteiger partial charge in [-0.25, -0.2) is 13.6 Å². The van der Waals surface area contributed by atoms with E-state index in [0.717, 1.165) is 18.2 Å². The molecule has 0 saturated carbocycles. The predicted octanol–water partition coefficient (Wildman–Crippen LogP) is -0.428. The maximum absolute atomic E-state index is 11.4. The molecule has 8 nitrogen and oxygen atoms in total. The van der Waals surface area contributed by atoms with Crippen LogP contribution in [0.2, 0.25) is 0 Å². The fraction of sp³-hybridized carbons (Fsp3) is 0. The van der Waals surface area contributed by atoms with E-state index in [1.54, 1.807) is 0 Å². The zero-order chi connectivity index (χ0) is 12.6. The summed E-state index contributed by atoms with van der Waals surface area (Å²) in [6, 6.07) is 4.04. The number of nitro benzene ring substituents is 1. The van der Waals surface area contributed by atoms with Crippen LogP contribution in [0.4, 0.5) is 5.69 Å². The fourth-order valence-electron chi connectivity index (χ4n) is 0.945. The maximum atomic E-state index is 11.4. The summed E-state index contributed by atoms with van der Waals surface area (Å²) in [5, 5.41) is 15.0. The van der Waals surface area contributed by atoms with Crippen molar-refractivity contribution in [3.8, 4) is 0 Å². The molecule has 0 atom stereocenters. The number of rotatable bonds is 3. The molecule has 16 heavy (non-hydrogen) atoms. The first-order chi connectivity index (χ1) is 7.18. The Bertz CT molecular complexity index is 633. The number of nitro groups is 1. The second-order valence-electron chi connectivity index (χ2n) is 2.67. The fourth-order valence-corrected chi connectivity index (χ4v) is 3.01. The topological polar surface area (TPSA) is 137 Å². The molecule has 0 aromatic heterocycles. The first-order valence-electron chi connectivity index (χ1n) is 3.69. The molecule has 0 spiro atoms. The molecule has 0 amide bonds. The van der Waals surface area contributed by atoms with E-state index >= 15 is 0 Å². The number of benzene rings is 1. The van der Waals surface area contributed by atoms with Crippen molar-refractivity contribution in [1.29, 1.82) is 0 Å². The minimum Gasteiger partial charge on any atom is -0.258 e. The first-order valence-corrected chi connectivity index (χ1v) is 7.24. The lowest BCUT2D eigenvalue weighted by molar-refractivity contribution is -0.387. The molecule has 0 fully saturated rings. The summed E-state index contributed by atoms with van der Waals surface area (Å²) in [5.74, 6) is 0. The van der Waals surface area contributed by atoms with Crippen molar-refractivity contribution in [3.05, 3.63) is 34.4 Å². The van der Waals surface area contributed by atoms with E-state index in [0.29, 0.717) is 0 Å². The van der Waals surface area contributed by atoms with Crippen LogP contribution < -0.4 is 5.14 Å². The van der Waals surface area contributed by atoms with E-state index in [9.17, 15) is 26.9 Å². The smallest absolute Gasteiger partial charge is 0.258 e. The highest BCUT2D eigenvalue weighted by atomic mass is 33.2. The van der Waals surface area contributed by atoms with Gasteiger partial charge in [0.05, 0.1) is 4.92 Å². The van der Waals surface area contributed by atoms with Crippen molar-refractivity contribution in [2.24, 2.45) is 5.14 Å². The molecule has 0 bridgehead atoms. The SMILES string of the molecule is NS(=O)(=O)S(=O)(=O)c1ccccc1[N+](=O)[O-]. The molecule has 2 N–H and O–H groups in total. The van der Waals surface area contributed by atoms with Crippen LogP contribution in [0.25, 0.3) is 0 Å². The molecule has 0 saturated heterocycles. The van der Waals surface area contributed by atoms with Gasteiger partial charge in [0.1, 0.15) is 0 Å². The average Bonchev–Trinajstić information content (AvgIpc) is 2.16. The van der Waals surface area contributed by atoms with Gasteiger partial charge in [-0.1, -0.05) is 12.1 Å². The van der Waals surface area contributed by atoms with Gasteiger partial charge < -0.3 is 0 Å². The van der Waals surface area contributed by atoms with E-state index in [2.05, 4.69) is 5.14 Å². The van der Waals surface area contributed by atoms with Crippen molar-refractivity contribution in [1.82, 2.24) is 0 Å². The van der Waals surface area contributed by atoms with Crippen LogP contribution in [0.5, 0.6) is 0 Å². The lowest BCUT2D eigenvalue weighted by Gasteiger charge is -2.01. The predicted molar refractivity (Wildman–Crippen MR) is 53.4 cm³/mol. The summed E-state index contributed by atoms with van der Waals surface area (Å²) in [4.78, 5) is 8.56. The molecule has 88 valence electrons. The van der Waals surface area contributed by atoms with Crippen molar-refractivity contribution in [2.45, 2.75) is 4.90 Å². The lowest BCUT2D eigenvalue weighted by Crippen LogP contribution is -2.24. The summed E-state index contributed by atoms with van der Waals surface area (Å²) in [7, 11) is -9.89. The molecule has 0 radical (unpaired) electrons. The van der Waals surface area contributed by atoms with Gasteiger partial charge in [-0.2, -0.15) is 8.42 Å². The van der Waals surface area contributed by atoms with Crippen molar-refractivity contribution >= 4 is 23.6 Å². The highest BCUT2D eigenvalue weighted by Gasteiger charge is 2.34. The Hall–Kier alpha value is -1.52. The Labute approximate surface area is 90.2 Å². The van der Waals surface area contributed by atoms with Gasteiger partial charge in [-0.3, -0.25) is 10.1 Å². The summed E-state index contributed by atoms with van der Waals surface area (Å²) >= 11 is 0. The number of hydrogen-bond donors (Lipinski definition) is 1. The molecule has 1 aromatic rings. The molecule has 0 aliphatic rings. The second-order valence-corrected chi connectivity index (χ2v) is 7.72. The van der Waals surface area contributed by atoms with Crippen LogP contribution in [0.3, 0.4) is 0 Å². The van der Waals surface area contributed by atoms with Gasteiger partial charge in [-0.05, 0) is 6.07 Å². The summed E-state index contributed by atoms with van der Waals surface area (Å²) in [6.45, 7) is 0. The lowest BCUT2D eigenvalue weighted by atomic mass is 10.3. The molecule has 1 aromatic carbocycles. The van der Waals surface area contributed by atoms with Crippen LogP contribution in [0, 0.1) is 10.1 Å². The number of para-hydroxylation sites is 1. The Morgan fingerprint density at radius 1 is 1.12 bits per heavy atom.